The molecule has 0 aliphatic heterocycles. The van der Waals surface area contributed by atoms with E-state index in [0.717, 1.165) is 24.1 Å². The number of aromatic nitrogens is 2. The highest BCUT2D eigenvalue weighted by Gasteiger charge is 2.18. The molecule has 0 bridgehead atoms. The Kier molecular flexibility index (Phi) is 7.05. The maximum Gasteiger partial charge on any atom is 0.135 e. The van der Waals surface area contributed by atoms with Crippen molar-refractivity contribution in [2.75, 3.05) is 0 Å². The first-order chi connectivity index (χ1) is 12.9. The van der Waals surface area contributed by atoms with E-state index in [-0.39, 0.29) is 17.2 Å². The lowest BCUT2D eigenvalue weighted by molar-refractivity contribution is 0.576. The van der Waals surface area contributed by atoms with Gasteiger partial charge < -0.3 is 11.5 Å². The first kappa shape index (κ1) is 20.6. The zero-order valence-electron chi connectivity index (χ0n) is 16.0. The van der Waals surface area contributed by atoms with Crippen LogP contribution in [-0.2, 0) is 0 Å². The summed E-state index contributed by atoms with van der Waals surface area (Å²) >= 11 is 0. The summed E-state index contributed by atoms with van der Waals surface area (Å²) in [5, 5.41) is 0. The molecule has 0 saturated carbocycles. The van der Waals surface area contributed by atoms with Crippen molar-refractivity contribution in [3.8, 4) is 0 Å². The third-order valence-corrected chi connectivity index (χ3v) is 4.41. The van der Waals surface area contributed by atoms with E-state index in [1.54, 1.807) is 12.3 Å². The molecule has 27 heavy (non-hydrogen) atoms. The van der Waals surface area contributed by atoms with E-state index < -0.39 is 11.6 Å². The lowest BCUT2D eigenvalue weighted by Crippen LogP contribution is -2.15. The molecule has 0 fully saturated rings. The highest BCUT2D eigenvalue weighted by atomic mass is 19.1. The van der Waals surface area contributed by atoms with Gasteiger partial charge in [-0.05, 0) is 49.6 Å². The minimum Gasteiger partial charge on any atom is -0.401 e. The van der Waals surface area contributed by atoms with Gasteiger partial charge in [0.15, 0.2) is 0 Å². The van der Waals surface area contributed by atoms with Crippen LogP contribution in [0.25, 0.3) is 5.70 Å². The summed E-state index contributed by atoms with van der Waals surface area (Å²) in [6.45, 7) is 5.85. The molecule has 0 aliphatic rings. The molecule has 2 rings (SSSR count). The second kappa shape index (κ2) is 9.26. The monoisotopic (exact) mass is 372 g/mol. The van der Waals surface area contributed by atoms with Crippen molar-refractivity contribution in [1.82, 2.24) is 9.97 Å². The van der Waals surface area contributed by atoms with Gasteiger partial charge in [-0.1, -0.05) is 26.3 Å². The van der Waals surface area contributed by atoms with Crippen LogP contribution >= 0.6 is 0 Å². The molecular formula is C21H26F2N4. The van der Waals surface area contributed by atoms with Gasteiger partial charge in [0, 0.05) is 23.5 Å². The molecule has 0 saturated heterocycles. The van der Waals surface area contributed by atoms with Crippen LogP contribution in [0.1, 0.15) is 56.1 Å². The van der Waals surface area contributed by atoms with E-state index in [2.05, 4.69) is 9.97 Å². The Morgan fingerprint density at radius 3 is 2.37 bits per heavy atom. The molecule has 1 aromatic heterocycles. The molecule has 4 N–H and O–H groups in total. The second-order valence-electron chi connectivity index (χ2n) is 6.42. The quantitative estimate of drug-likeness (QED) is 0.698. The smallest absolute Gasteiger partial charge is 0.135 e. The average molecular weight is 372 g/mol. The van der Waals surface area contributed by atoms with Gasteiger partial charge in [0.2, 0.25) is 0 Å². The SMILES string of the molecule is CCCC(/C=C(\N)c1c(F)cccc1F)=C(/N)C(CC)c1ccnc(C)n1. The molecule has 0 spiro atoms. The maximum atomic E-state index is 14.0. The summed E-state index contributed by atoms with van der Waals surface area (Å²) in [6.07, 6.45) is 5.47. The van der Waals surface area contributed by atoms with Crippen LogP contribution in [0.15, 0.2) is 47.8 Å². The van der Waals surface area contributed by atoms with Crippen molar-refractivity contribution in [2.24, 2.45) is 11.5 Å². The Hall–Kier alpha value is -2.76. The number of hydrogen-bond donors (Lipinski definition) is 2. The van der Waals surface area contributed by atoms with Crippen LogP contribution in [0.5, 0.6) is 0 Å². The van der Waals surface area contributed by atoms with Gasteiger partial charge in [-0.25, -0.2) is 18.7 Å². The highest BCUT2D eigenvalue weighted by Crippen LogP contribution is 2.29. The van der Waals surface area contributed by atoms with E-state index in [4.69, 9.17) is 11.5 Å². The van der Waals surface area contributed by atoms with Crippen molar-refractivity contribution in [1.29, 1.82) is 0 Å². The molecule has 0 amide bonds. The summed E-state index contributed by atoms with van der Waals surface area (Å²) in [6, 6.07) is 5.51. The summed E-state index contributed by atoms with van der Waals surface area (Å²) in [7, 11) is 0. The van der Waals surface area contributed by atoms with Gasteiger partial charge in [0.25, 0.3) is 0 Å². The Balaban J connectivity index is 2.53. The molecule has 1 heterocycles. The Morgan fingerprint density at radius 2 is 1.81 bits per heavy atom. The fourth-order valence-corrected chi connectivity index (χ4v) is 3.08. The Morgan fingerprint density at radius 1 is 1.15 bits per heavy atom. The van der Waals surface area contributed by atoms with Gasteiger partial charge in [0.1, 0.15) is 17.5 Å². The van der Waals surface area contributed by atoms with Crippen LogP contribution in [0.4, 0.5) is 8.78 Å². The largest absolute Gasteiger partial charge is 0.401 e. The highest BCUT2D eigenvalue weighted by molar-refractivity contribution is 5.66. The molecule has 1 unspecified atom stereocenters. The van der Waals surface area contributed by atoms with E-state index >= 15 is 0 Å². The predicted molar refractivity (Wildman–Crippen MR) is 104 cm³/mol. The normalized spacial score (nSPS) is 14.0. The third-order valence-electron chi connectivity index (χ3n) is 4.41. The number of aryl methyl sites for hydroxylation is 1. The van der Waals surface area contributed by atoms with Gasteiger partial charge in [0.05, 0.1) is 11.3 Å². The number of nitrogens with zero attached hydrogens (tertiary/aromatic N) is 2. The zero-order chi connectivity index (χ0) is 20.0. The minimum absolute atomic E-state index is 0.0192. The molecule has 0 aliphatic carbocycles. The minimum atomic E-state index is -0.698. The zero-order valence-corrected chi connectivity index (χ0v) is 16.0. The molecule has 4 nitrogen and oxygen atoms in total. The number of nitrogens with two attached hydrogens (primary N) is 2. The van der Waals surface area contributed by atoms with E-state index in [0.29, 0.717) is 17.9 Å². The number of rotatable bonds is 7. The first-order valence-corrected chi connectivity index (χ1v) is 9.08. The predicted octanol–water partition coefficient (Wildman–Crippen LogP) is 4.57. The van der Waals surface area contributed by atoms with E-state index in [1.165, 1.54) is 18.2 Å². The van der Waals surface area contributed by atoms with Crippen LogP contribution in [0.3, 0.4) is 0 Å². The number of allylic oxidation sites excluding steroid dienone is 3. The lowest BCUT2D eigenvalue weighted by Gasteiger charge is -2.19. The molecule has 1 atom stereocenters. The van der Waals surface area contributed by atoms with Crippen LogP contribution in [-0.4, -0.2) is 9.97 Å². The van der Waals surface area contributed by atoms with Crippen LogP contribution in [0.2, 0.25) is 0 Å². The Labute approximate surface area is 159 Å². The number of benzene rings is 1. The van der Waals surface area contributed by atoms with E-state index in [9.17, 15) is 8.78 Å². The summed E-state index contributed by atoms with van der Waals surface area (Å²) < 4.78 is 28.1. The summed E-state index contributed by atoms with van der Waals surface area (Å²) in [5.74, 6) is -0.852. The first-order valence-electron chi connectivity index (χ1n) is 9.08. The van der Waals surface area contributed by atoms with Crippen LogP contribution in [0, 0.1) is 18.6 Å². The summed E-state index contributed by atoms with van der Waals surface area (Å²) in [4.78, 5) is 8.60. The van der Waals surface area contributed by atoms with Crippen molar-refractivity contribution in [2.45, 2.75) is 46.0 Å². The van der Waals surface area contributed by atoms with Crippen molar-refractivity contribution < 1.29 is 8.78 Å². The number of halogens is 2. The van der Waals surface area contributed by atoms with Crippen molar-refractivity contribution in [3.05, 3.63) is 76.5 Å². The molecule has 2 aromatic rings. The average Bonchev–Trinajstić information content (AvgIpc) is 2.62. The lowest BCUT2D eigenvalue weighted by atomic mass is 9.92. The van der Waals surface area contributed by atoms with Gasteiger partial charge >= 0.3 is 0 Å². The third kappa shape index (κ3) is 4.90. The van der Waals surface area contributed by atoms with Gasteiger partial charge in [-0.15, -0.1) is 0 Å². The molecule has 0 radical (unpaired) electrons. The molecule has 1 aromatic carbocycles. The second-order valence-corrected chi connectivity index (χ2v) is 6.42. The number of hydrogen-bond acceptors (Lipinski definition) is 4. The fraction of sp³-hybridized carbons (Fsp3) is 0.333. The standard InChI is InChI=1S/C21H26F2N4/c1-4-7-14(12-18(24)20-16(22)8-6-9-17(20)23)21(25)15(5-2)19-10-11-26-13(3)27-19/h6,8-12,15H,4-5,7,24-25H2,1-3H3/b18-12-,21-14-. The van der Waals surface area contributed by atoms with Crippen molar-refractivity contribution >= 4 is 5.70 Å². The molecule has 144 valence electrons. The molecule has 6 heteroatoms. The summed E-state index contributed by atoms with van der Waals surface area (Å²) in [5.41, 5.74) is 14.5. The molecular weight excluding hydrogens is 346 g/mol. The Bertz CT molecular complexity index is 839. The maximum absolute atomic E-state index is 14.0. The topological polar surface area (TPSA) is 77.8 Å². The van der Waals surface area contributed by atoms with Crippen molar-refractivity contribution in [3.63, 3.8) is 0 Å². The van der Waals surface area contributed by atoms with E-state index in [1.807, 2.05) is 26.8 Å². The van der Waals surface area contributed by atoms with Gasteiger partial charge in [-0.2, -0.15) is 0 Å². The van der Waals surface area contributed by atoms with Gasteiger partial charge in [-0.3, -0.25) is 0 Å². The van der Waals surface area contributed by atoms with Crippen LogP contribution < -0.4 is 11.5 Å². The fourth-order valence-electron chi connectivity index (χ4n) is 3.08.